The first-order valence-electron chi connectivity index (χ1n) is 5.55. The van der Waals surface area contributed by atoms with E-state index in [-0.39, 0.29) is 6.61 Å². The summed E-state index contributed by atoms with van der Waals surface area (Å²) >= 11 is 0. The summed E-state index contributed by atoms with van der Waals surface area (Å²) in [6, 6.07) is 18.1. The molecule has 0 radical (unpaired) electrons. The molecule has 3 rings (SSSR count). The van der Waals surface area contributed by atoms with Gasteiger partial charge in [0, 0.05) is 5.56 Å². The van der Waals surface area contributed by atoms with E-state index in [1.807, 2.05) is 24.3 Å². The normalized spacial score (nSPS) is 10.9. The van der Waals surface area contributed by atoms with Crippen LogP contribution >= 0.6 is 0 Å². The van der Waals surface area contributed by atoms with E-state index >= 15 is 0 Å². The van der Waals surface area contributed by atoms with Gasteiger partial charge in [0.1, 0.15) is 18.1 Å². The molecule has 1 aromatic heterocycles. The first-order valence-corrected chi connectivity index (χ1v) is 5.55. The molecule has 1 heterocycles. The Hall–Kier alpha value is -2.06. The van der Waals surface area contributed by atoms with Crippen molar-refractivity contribution in [1.29, 1.82) is 0 Å². The fourth-order valence-electron chi connectivity index (χ4n) is 1.96. The first-order chi connectivity index (χ1) is 8.36. The standard InChI is InChI=1S/C15H12O2/c16-10-14-7-8-15(17-14)13-6-5-11-3-1-2-4-12(11)9-13/h1-9,16H,10H2. The van der Waals surface area contributed by atoms with Gasteiger partial charge in [-0.3, -0.25) is 0 Å². The molecule has 2 nitrogen and oxygen atoms in total. The van der Waals surface area contributed by atoms with Crippen LogP contribution in [0.3, 0.4) is 0 Å². The predicted octanol–water partition coefficient (Wildman–Crippen LogP) is 3.59. The lowest BCUT2D eigenvalue weighted by Gasteiger charge is -2.00. The summed E-state index contributed by atoms with van der Waals surface area (Å²) in [6.45, 7) is -0.0619. The van der Waals surface area contributed by atoms with Gasteiger partial charge in [0.2, 0.25) is 0 Å². The molecule has 0 aliphatic heterocycles. The van der Waals surface area contributed by atoms with Gasteiger partial charge in [-0.2, -0.15) is 0 Å². The van der Waals surface area contributed by atoms with Crippen molar-refractivity contribution < 1.29 is 9.52 Å². The molecule has 0 spiro atoms. The van der Waals surface area contributed by atoms with Crippen molar-refractivity contribution in [2.45, 2.75) is 6.61 Å². The summed E-state index contributed by atoms with van der Waals surface area (Å²) in [5.74, 6) is 1.38. The van der Waals surface area contributed by atoms with Crippen molar-refractivity contribution in [3.05, 3.63) is 60.4 Å². The highest BCUT2D eigenvalue weighted by atomic mass is 16.4. The monoisotopic (exact) mass is 224 g/mol. The fraction of sp³-hybridized carbons (Fsp3) is 0.0667. The molecule has 2 aromatic carbocycles. The Kier molecular flexibility index (Phi) is 2.42. The Labute approximate surface area is 99.1 Å². The number of furan rings is 1. The summed E-state index contributed by atoms with van der Waals surface area (Å²) in [5, 5.41) is 11.4. The summed E-state index contributed by atoms with van der Waals surface area (Å²) in [7, 11) is 0. The van der Waals surface area contributed by atoms with Gasteiger partial charge in [-0.1, -0.05) is 36.4 Å². The number of aliphatic hydroxyl groups is 1. The summed E-state index contributed by atoms with van der Waals surface area (Å²) in [6.07, 6.45) is 0. The summed E-state index contributed by atoms with van der Waals surface area (Å²) < 4.78 is 5.52. The smallest absolute Gasteiger partial charge is 0.134 e. The SMILES string of the molecule is OCc1ccc(-c2ccc3ccccc3c2)o1. The molecule has 0 fully saturated rings. The molecule has 3 aromatic rings. The molecule has 2 heteroatoms. The maximum Gasteiger partial charge on any atom is 0.134 e. The van der Waals surface area contributed by atoms with Gasteiger partial charge in [-0.25, -0.2) is 0 Å². The molecule has 0 aliphatic carbocycles. The molecule has 0 unspecified atom stereocenters. The Morgan fingerprint density at radius 2 is 1.71 bits per heavy atom. The number of hydrogen-bond acceptors (Lipinski definition) is 2. The van der Waals surface area contributed by atoms with Crippen molar-refractivity contribution in [2.24, 2.45) is 0 Å². The van der Waals surface area contributed by atoms with E-state index in [0.717, 1.165) is 11.3 Å². The molecule has 0 saturated carbocycles. The zero-order valence-electron chi connectivity index (χ0n) is 9.26. The van der Waals surface area contributed by atoms with Crippen molar-refractivity contribution in [3.8, 4) is 11.3 Å². The third-order valence-corrected chi connectivity index (χ3v) is 2.85. The lowest BCUT2D eigenvalue weighted by Crippen LogP contribution is -1.77. The molecule has 1 N–H and O–H groups in total. The van der Waals surface area contributed by atoms with Gasteiger partial charge in [-0.05, 0) is 29.0 Å². The molecule has 0 amide bonds. The van der Waals surface area contributed by atoms with Crippen LogP contribution in [0.5, 0.6) is 0 Å². The van der Waals surface area contributed by atoms with E-state index < -0.39 is 0 Å². The van der Waals surface area contributed by atoms with Crippen LogP contribution < -0.4 is 0 Å². The van der Waals surface area contributed by atoms with Crippen LogP contribution in [0.25, 0.3) is 22.1 Å². The van der Waals surface area contributed by atoms with E-state index in [4.69, 9.17) is 9.52 Å². The van der Waals surface area contributed by atoms with Gasteiger partial charge in [0.05, 0.1) is 0 Å². The van der Waals surface area contributed by atoms with E-state index in [1.165, 1.54) is 10.8 Å². The number of aliphatic hydroxyl groups excluding tert-OH is 1. The van der Waals surface area contributed by atoms with Crippen LogP contribution in [-0.2, 0) is 6.61 Å². The van der Waals surface area contributed by atoms with Gasteiger partial charge >= 0.3 is 0 Å². The second-order valence-electron chi connectivity index (χ2n) is 3.99. The average Bonchev–Trinajstić information content (AvgIpc) is 2.87. The van der Waals surface area contributed by atoms with E-state index in [1.54, 1.807) is 6.07 Å². The Bertz CT molecular complexity index is 653. The molecule has 84 valence electrons. The van der Waals surface area contributed by atoms with Gasteiger partial charge < -0.3 is 9.52 Å². The molecule has 0 atom stereocenters. The van der Waals surface area contributed by atoms with Gasteiger partial charge in [0.25, 0.3) is 0 Å². The molecular weight excluding hydrogens is 212 g/mol. The van der Waals surface area contributed by atoms with Crippen LogP contribution in [0, 0.1) is 0 Å². The average molecular weight is 224 g/mol. The van der Waals surface area contributed by atoms with Crippen molar-refractivity contribution >= 4 is 10.8 Å². The zero-order valence-corrected chi connectivity index (χ0v) is 9.26. The van der Waals surface area contributed by atoms with Crippen LogP contribution in [-0.4, -0.2) is 5.11 Å². The van der Waals surface area contributed by atoms with Crippen LogP contribution in [0.1, 0.15) is 5.76 Å². The minimum Gasteiger partial charge on any atom is -0.459 e. The van der Waals surface area contributed by atoms with E-state index in [9.17, 15) is 0 Å². The Morgan fingerprint density at radius 3 is 2.47 bits per heavy atom. The minimum absolute atomic E-state index is 0.0619. The lowest BCUT2D eigenvalue weighted by molar-refractivity contribution is 0.248. The molecule has 17 heavy (non-hydrogen) atoms. The fourth-order valence-corrected chi connectivity index (χ4v) is 1.96. The lowest BCUT2D eigenvalue weighted by atomic mass is 10.1. The molecule has 0 saturated heterocycles. The maximum atomic E-state index is 8.98. The highest BCUT2D eigenvalue weighted by molar-refractivity contribution is 5.86. The van der Waals surface area contributed by atoms with Gasteiger partial charge in [0.15, 0.2) is 0 Å². The zero-order chi connectivity index (χ0) is 11.7. The molecular formula is C15H12O2. The highest BCUT2D eigenvalue weighted by Crippen LogP contribution is 2.26. The van der Waals surface area contributed by atoms with E-state index in [0.29, 0.717) is 5.76 Å². The largest absolute Gasteiger partial charge is 0.459 e. The van der Waals surface area contributed by atoms with E-state index in [2.05, 4.69) is 24.3 Å². The summed E-state index contributed by atoms with van der Waals surface area (Å²) in [5.41, 5.74) is 1.03. The second-order valence-corrected chi connectivity index (χ2v) is 3.99. The van der Waals surface area contributed by atoms with Crippen molar-refractivity contribution in [1.82, 2.24) is 0 Å². The maximum absolute atomic E-state index is 8.98. The number of rotatable bonds is 2. The number of fused-ring (bicyclic) bond motifs is 1. The molecule has 0 bridgehead atoms. The van der Waals surface area contributed by atoms with Crippen LogP contribution in [0.2, 0.25) is 0 Å². The summed E-state index contributed by atoms with van der Waals surface area (Å²) in [4.78, 5) is 0. The van der Waals surface area contributed by atoms with Gasteiger partial charge in [-0.15, -0.1) is 0 Å². The van der Waals surface area contributed by atoms with Crippen molar-refractivity contribution in [3.63, 3.8) is 0 Å². The Balaban J connectivity index is 2.11. The van der Waals surface area contributed by atoms with Crippen molar-refractivity contribution in [2.75, 3.05) is 0 Å². The van der Waals surface area contributed by atoms with Crippen LogP contribution in [0.15, 0.2) is 59.0 Å². The number of benzene rings is 2. The quantitative estimate of drug-likeness (QED) is 0.721. The molecule has 0 aliphatic rings. The third kappa shape index (κ3) is 1.83. The third-order valence-electron chi connectivity index (χ3n) is 2.85. The topological polar surface area (TPSA) is 33.4 Å². The Morgan fingerprint density at radius 1 is 0.882 bits per heavy atom. The van der Waals surface area contributed by atoms with Crippen LogP contribution in [0.4, 0.5) is 0 Å². The highest BCUT2D eigenvalue weighted by Gasteiger charge is 2.04. The minimum atomic E-state index is -0.0619. The first kappa shape index (κ1) is 10.1. The number of hydrogen-bond donors (Lipinski definition) is 1. The predicted molar refractivity (Wildman–Crippen MR) is 67.6 cm³/mol. The second kappa shape index (κ2) is 4.07.